The van der Waals surface area contributed by atoms with Gasteiger partial charge in [-0.1, -0.05) is 76.6 Å². The minimum Gasteiger partial charge on any atom is -0.496 e. The summed E-state index contributed by atoms with van der Waals surface area (Å²) in [6.07, 6.45) is 20.9. The molecule has 256 valence electrons. The highest BCUT2D eigenvalue weighted by molar-refractivity contribution is 5.89. The molecule has 4 unspecified atom stereocenters. The van der Waals surface area contributed by atoms with Crippen LogP contribution in [0.1, 0.15) is 130 Å². The van der Waals surface area contributed by atoms with E-state index in [0.29, 0.717) is 29.1 Å². The average Bonchev–Trinajstić information content (AvgIpc) is 3.09. The van der Waals surface area contributed by atoms with Crippen LogP contribution in [0.3, 0.4) is 0 Å². The van der Waals surface area contributed by atoms with E-state index in [-0.39, 0.29) is 5.97 Å². The van der Waals surface area contributed by atoms with Crippen LogP contribution < -0.4 is 0 Å². The molecule has 0 amide bonds. The molecule has 0 spiro atoms. The number of ketones is 1. The van der Waals surface area contributed by atoms with Gasteiger partial charge in [-0.05, 0) is 133 Å². The predicted octanol–water partition coefficient (Wildman–Crippen LogP) is 11.1. The maximum Gasteiger partial charge on any atom is 0.337 e. The van der Waals surface area contributed by atoms with Crippen LogP contribution in [-0.2, 0) is 14.3 Å². The molecule has 2 aromatic rings. The summed E-state index contributed by atoms with van der Waals surface area (Å²) in [4.78, 5) is 23.0. The fraction of sp³-hybridized carbons (Fsp3) is 0.545. The molecule has 2 saturated carbocycles. The molecule has 0 aromatic heterocycles. The van der Waals surface area contributed by atoms with E-state index in [2.05, 4.69) is 35.9 Å². The quantitative estimate of drug-likeness (QED) is 0.189. The molecule has 4 bridgehead atoms. The molecule has 4 nitrogen and oxygen atoms in total. The van der Waals surface area contributed by atoms with Gasteiger partial charge in [0.25, 0.3) is 0 Å². The highest BCUT2D eigenvalue weighted by Gasteiger charge is 2.40. The molecule has 4 heteroatoms. The number of methoxy groups -OCH3 is 2. The number of Topliss-reactive ketones (excluding diaryl/α,β-unsaturated/α-hetero) is 1. The van der Waals surface area contributed by atoms with Crippen LogP contribution >= 0.6 is 0 Å². The Hall–Kier alpha value is -3.40. The normalized spacial score (nSPS) is 26.9. The van der Waals surface area contributed by atoms with Crippen LogP contribution in [0, 0.1) is 37.5 Å². The van der Waals surface area contributed by atoms with Crippen molar-refractivity contribution in [2.75, 3.05) is 14.2 Å². The van der Waals surface area contributed by atoms with E-state index < -0.39 is 0 Å². The van der Waals surface area contributed by atoms with Crippen molar-refractivity contribution in [2.24, 2.45) is 23.7 Å². The maximum absolute atomic E-state index is 12.0. The SMILES string of the molecule is CO/C(=C1\C2CCCC1C1=C(CCCC1)C2)c1cccc(C)c1.COC(=O)c1cccc(C)c1.O=C1C2CCCC1C1=C(CCCC1)C2. The fourth-order valence-corrected chi connectivity index (χ4v) is 9.73. The summed E-state index contributed by atoms with van der Waals surface area (Å²) in [5.74, 6) is 3.68. The predicted molar refractivity (Wildman–Crippen MR) is 195 cm³/mol. The van der Waals surface area contributed by atoms with Gasteiger partial charge >= 0.3 is 5.97 Å². The summed E-state index contributed by atoms with van der Waals surface area (Å²) in [7, 11) is 3.25. The monoisotopic (exact) mass is 648 g/mol. The van der Waals surface area contributed by atoms with Crippen molar-refractivity contribution in [2.45, 2.75) is 117 Å². The van der Waals surface area contributed by atoms with E-state index in [1.165, 1.54) is 114 Å². The van der Waals surface area contributed by atoms with Crippen molar-refractivity contribution >= 4 is 17.5 Å². The van der Waals surface area contributed by atoms with Gasteiger partial charge in [-0.2, -0.15) is 0 Å². The van der Waals surface area contributed by atoms with Gasteiger partial charge in [-0.15, -0.1) is 0 Å². The minimum atomic E-state index is -0.284. The number of aryl methyl sites for hydroxylation is 2. The number of esters is 1. The van der Waals surface area contributed by atoms with E-state index >= 15 is 0 Å². The molecule has 6 aliphatic rings. The Bertz CT molecular complexity index is 1590. The minimum absolute atomic E-state index is 0.284. The Kier molecular flexibility index (Phi) is 11.4. The first-order chi connectivity index (χ1) is 23.4. The van der Waals surface area contributed by atoms with Gasteiger partial charge in [-0.3, -0.25) is 4.79 Å². The number of fused-ring (bicyclic) bond motifs is 6. The number of allylic oxidation sites excluding steroid dienone is 5. The van der Waals surface area contributed by atoms with Crippen LogP contribution in [0.5, 0.6) is 0 Å². The fourth-order valence-electron chi connectivity index (χ4n) is 9.73. The highest BCUT2D eigenvalue weighted by Crippen LogP contribution is 2.53. The number of hydrogen-bond donors (Lipinski definition) is 0. The summed E-state index contributed by atoms with van der Waals surface area (Å²) >= 11 is 0. The van der Waals surface area contributed by atoms with E-state index in [1.54, 1.807) is 34.4 Å². The van der Waals surface area contributed by atoms with E-state index in [4.69, 9.17) is 4.74 Å². The van der Waals surface area contributed by atoms with Crippen molar-refractivity contribution in [3.8, 4) is 0 Å². The Labute approximate surface area is 289 Å². The Morgan fingerprint density at radius 2 is 1.17 bits per heavy atom. The van der Waals surface area contributed by atoms with Crippen LogP contribution in [-0.4, -0.2) is 26.0 Å². The van der Waals surface area contributed by atoms with Crippen molar-refractivity contribution in [3.63, 3.8) is 0 Å². The largest absolute Gasteiger partial charge is 0.496 e. The summed E-state index contributed by atoms with van der Waals surface area (Å²) in [6, 6.07) is 16.1. The number of rotatable bonds is 3. The molecule has 2 fully saturated rings. The first-order valence-corrected chi connectivity index (χ1v) is 18.8. The lowest BCUT2D eigenvalue weighted by Gasteiger charge is -2.43. The molecule has 0 saturated heterocycles. The third kappa shape index (κ3) is 7.58. The van der Waals surface area contributed by atoms with Crippen LogP contribution in [0.2, 0.25) is 0 Å². The first-order valence-electron chi connectivity index (χ1n) is 18.8. The lowest BCUT2D eigenvalue weighted by molar-refractivity contribution is -0.128. The average molecular weight is 649 g/mol. The highest BCUT2D eigenvalue weighted by atomic mass is 16.5. The summed E-state index contributed by atoms with van der Waals surface area (Å²) < 4.78 is 10.6. The van der Waals surface area contributed by atoms with E-state index in [0.717, 1.165) is 24.3 Å². The van der Waals surface area contributed by atoms with Crippen molar-refractivity contribution in [3.05, 3.63) is 98.7 Å². The van der Waals surface area contributed by atoms with Crippen molar-refractivity contribution in [1.82, 2.24) is 0 Å². The van der Waals surface area contributed by atoms with Crippen molar-refractivity contribution < 1.29 is 19.1 Å². The summed E-state index contributed by atoms with van der Waals surface area (Å²) in [5, 5.41) is 0. The molecule has 2 aromatic carbocycles. The topological polar surface area (TPSA) is 52.6 Å². The molecule has 6 aliphatic carbocycles. The lowest BCUT2D eigenvalue weighted by atomic mass is 9.62. The summed E-state index contributed by atoms with van der Waals surface area (Å²) in [6.45, 7) is 4.11. The standard InChI is InChI=1S/C22H28O.C13H18O.C9H10O2/c1-15-7-5-10-18(13-15)22(23-2)21-17-9-6-12-20(21)19-11-4-3-8-16(19)14-17;14-13-10-5-3-7-12(13)11-6-2-1-4-9(11)8-10;1-7-4-3-5-8(6-7)9(10)11-2/h5,7,10,13,17,20H,3-4,6,8-9,11-12,14H2,1-2H3;10,12H,1-8H2;3-6H,1-2H3/b22-21+;;. The zero-order valence-electron chi connectivity index (χ0n) is 29.9. The van der Waals surface area contributed by atoms with Gasteiger partial charge in [0.1, 0.15) is 11.5 Å². The molecule has 8 rings (SSSR count). The molecule has 4 atom stereocenters. The Morgan fingerprint density at radius 3 is 1.79 bits per heavy atom. The second-order valence-electron chi connectivity index (χ2n) is 15.1. The van der Waals surface area contributed by atoms with Gasteiger partial charge in [-0.25, -0.2) is 4.79 Å². The van der Waals surface area contributed by atoms with Gasteiger partial charge in [0, 0.05) is 23.3 Å². The number of carbonyl (C=O) groups excluding carboxylic acids is 2. The molecule has 0 N–H and O–H groups in total. The molecular formula is C44H56O4. The Morgan fingerprint density at radius 1 is 0.625 bits per heavy atom. The first kappa shape index (κ1) is 34.5. The number of benzene rings is 2. The van der Waals surface area contributed by atoms with E-state index in [1.807, 2.05) is 31.7 Å². The number of ether oxygens (including phenoxy) is 2. The van der Waals surface area contributed by atoms with Gasteiger partial charge < -0.3 is 9.47 Å². The maximum atomic E-state index is 12.0. The summed E-state index contributed by atoms with van der Waals surface area (Å²) in [5.41, 5.74) is 12.8. The van der Waals surface area contributed by atoms with Crippen LogP contribution in [0.25, 0.3) is 5.76 Å². The van der Waals surface area contributed by atoms with Crippen molar-refractivity contribution in [1.29, 1.82) is 0 Å². The van der Waals surface area contributed by atoms with E-state index in [9.17, 15) is 9.59 Å². The smallest absolute Gasteiger partial charge is 0.337 e. The zero-order valence-corrected chi connectivity index (χ0v) is 29.9. The van der Waals surface area contributed by atoms with Crippen LogP contribution in [0.15, 0.2) is 76.4 Å². The molecule has 48 heavy (non-hydrogen) atoms. The number of carbonyl (C=O) groups is 2. The van der Waals surface area contributed by atoms with Gasteiger partial charge in [0.2, 0.25) is 0 Å². The molecule has 0 heterocycles. The Balaban J connectivity index is 0.000000137. The number of hydrogen-bond acceptors (Lipinski definition) is 4. The molecule has 0 aliphatic heterocycles. The third-order valence-electron chi connectivity index (χ3n) is 11.9. The lowest BCUT2D eigenvalue weighted by Crippen LogP contribution is -2.35. The van der Waals surface area contributed by atoms with Crippen LogP contribution in [0.4, 0.5) is 0 Å². The molecule has 0 radical (unpaired) electrons. The third-order valence-corrected chi connectivity index (χ3v) is 11.9. The molecular weight excluding hydrogens is 592 g/mol. The van der Waals surface area contributed by atoms with Gasteiger partial charge in [0.15, 0.2) is 0 Å². The zero-order chi connectivity index (χ0) is 33.6. The second-order valence-corrected chi connectivity index (χ2v) is 15.1. The van der Waals surface area contributed by atoms with Gasteiger partial charge in [0.05, 0.1) is 19.8 Å². The second kappa shape index (κ2) is 15.9.